The maximum absolute atomic E-state index is 11.7. The summed E-state index contributed by atoms with van der Waals surface area (Å²) >= 11 is 0. The van der Waals surface area contributed by atoms with Gasteiger partial charge in [0.1, 0.15) is 0 Å². The first-order valence-corrected chi connectivity index (χ1v) is 8.54. The minimum absolute atomic E-state index is 0.130. The molecule has 1 rings (SSSR count). The number of benzene rings is 1. The van der Waals surface area contributed by atoms with Crippen LogP contribution in [0.2, 0.25) is 0 Å². The van der Waals surface area contributed by atoms with Crippen LogP contribution in [-0.4, -0.2) is 17.0 Å². The Labute approximate surface area is 140 Å². The quantitative estimate of drug-likeness (QED) is 0.752. The van der Waals surface area contributed by atoms with Crippen LogP contribution in [0.3, 0.4) is 0 Å². The number of aliphatic carboxylic acids is 1. The summed E-state index contributed by atoms with van der Waals surface area (Å²) in [5.74, 6) is -0.470. The maximum Gasteiger partial charge on any atom is 0.306 e. The van der Waals surface area contributed by atoms with Crippen LogP contribution in [0.15, 0.2) is 30.3 Å². The molecule has 0 aliphatic rings. The second-order valence-corrected chi connectivity index (χ2v) is 5.57. The van der Waals surface area contributed by atoms with Gasteiger partial charge in [-0.25, -0.2) is 0 Å². The van der Waals surface area contributed by atoms with E-state index in [9.17, 15) is 9.59 Å². The normalized spacial score (nSPS) is 10.2. The van der Waals surface area contributed by atoms with E-state index >= 15 is 0 Å². The monoisotopic (exact) mass is 321 g/mol. The first kappa shape index (κ1) is 21.2. The Morgan fingerprint density at radius 1 is 0.913 bits per heavy atom. The van der Waals surface area contributed by atoms with Crippen LogP contribution in [0.1, 0.15) is 58.9 Å². The highest BCUT2D eigenvalue weighted by Gasteiger charge is 2.12. The zero-order valence-corrected chi connectivity index (χ0v) is 14.8. The van der Waals surface area contributed by atoms with Crippen molar-refractivity contribution in [1.82, 2.24) is 5.32 Å². The zero-order valence-electron chi connectivity index (χ0n) is 14.8. The van der Waals surface area contributed by atoms with Gasteiger partial charge in [-0.15, -0.1) is 0 Å². The average molecular weight is 321 g/mol. The third kappa shape index (κ3) is 9.01. The van der Waals surface area contributed by atoms with E-state index in [4.69, 9.17) is 5.11 Å². The molecule has 0 heterocycles. The fourth-order valence-electron chi connectivity index (χ4n) is 2.23. The second kappa shape index (κ2) is 12.7. The van der Waals surface area contributed by atoms with Gasteiger partial charge in [-0.05, 0) is 31.2 Å². The standard InChI is InChI=1S/C13H19NO.C6H12O2/c1-3-12(4-2)13(15)14-10-11-8-6-5-7-9-11;1-3-5(4-2)6(7)8/h5-9,12H,3-4,10H2,1-2H3,(H,14,15);5H,3-4H2,1-2H3,(H,7,8). The number of carboxylic acid groups (broad SMARTS) is 1. The van der Waals surface area contributed by atoms with E-state index in [-0.39, 0.29) is 17.7 Å². The molecule has 1 aromatic rings. The number of rotatable bonds is 8. The highest BCUT2D eigenvalue weighted by atomic mass is 16.4. The molecule has 0 atom stereocenters. The molecule has 1 aromatic carbocycles. The first-order chi connectivity index (χ1) is 11.0. The Bertz CT molecular complexity index is 437. The lowest BCUT2D eigenvalue weighted by molar-refractivity contribution is -0.141. The molecule has 2 N–H and O–H groups in total. The number of amides is 1. The van der Waals surface area contributed by atoms with Crippen molar-refractivity contribution >= 4 is 11.9 Å². The van der Waals surface area contributed by atoms with Gasteiger partial charge >= 0.3 is 5.97 Å². The fraction of sp³-hybridized carbons (Fsp3) is 0.579. The largest absolute Gasteiger partial charge is 0.481 e. The highest BCUT2D eigenvalue weighted by molar-refractivity contribution is 5.78. The summed E-state index contributed by atoms with van der Waals surface area (Å²) in [5.41, 5.74) is 1.15. The molecule has 0 aliphatic heterocycles. The maximum atomic E-state index is 11.7. The second-order valence-electron chi connectivity index (χ2n) is 5.57. The molecule has 0 fully saturated rings. The van der Waals surface area contributed by atoms with Gasteiger partial charge in [0.2, 0.25) is 5.91 Å². The van der Waals surface area contributed by atoms with E-state index in [1.165, 1.54) is 0 Å². The van der Waals surface area contributed by atoms with Crippen LogP contribution in [0.4, 0.5) is 0 Å². The van der Waals surface area contributed by atoms with Crippen molar-refractivity contribution < 1.29 is 14.7 Å². The number of hydrogen-bond acceptors (Lipinski definition) is 2. The summed E-state index contributed by atoms with van der Waals surface area (Å²) < 4.78 is 0. The average Bonchev–Trinajstić information content (AvgIpc) is 2.56. The molecule has 0 bridgehead atoms. The van der Waals surface area contributed by atoms with Crippen LogP contribution < -0.4 is 5.32 Å². The van der Waals surface area contributed by atoms with E-state index in [0.717, 1.165) is 31.2 Å². The van der Waals surface area contributed by atoms with E-state index in [2.05, 4.69) is 19.2 Å². The molecule has 0 saturated heterocycles. The topological polar surface area (TPSA) is 66.4 Å². The van der Waals surface area contributed by atoms with Gasteiger partial charge in [0.25, 0.3) is 0 Å². The van der Waals surface area contributed by atoms with E-state index in [0.29, 0.717) is 6.54 Å². The van der Waals surface area contributed by atoms with E-state index in [1.807, 2.05) is 44.2 Å². The number of nitrogens with one attached hydrogen (secondary N) is 1. The molecule has 130 valence electrons. The Hall–Kier alpha value is -1.84. The van der Waals surface area contributed by atoms with Gasteiger partial charge < -0.3 is 10.4 Å². The smallest absolute Gasteiger partial charge is 0.306 e. The molecule has 0 unspecified atom stereocenters. The van der Waals surface area contributed by atoms with Crippen molar-refractivity contribution in [3.05, 3.63) is 35.9 Å². The van der Waals surface area contributed by atoms with E-state index < -0.39 is 5.97 Å². The Kier molecular flexibility index (Phi) is 11.7. The zero-order chi connectivity index (χ0) is 17.7. The molecule has 0 spiro atoms. The molecule has 23 heavy (non-hydrogen) atoms. The summed E-state index contributed by atoms with van der Waals surface area (Å²) in [6.45, 7) is 8.52. The van der Waals surface area contributed by atoms with Gasteiger partial charge in [0.05, 0.1) is 5.92 Å². The molecular weight excluding hydrogens is 290 g/mol. The minimum Gasteiger partial charge on any atom is -0.481 e. The van der Waals surface area contributed by atoms with Gasteiger partial charge in [-0.3, -0.25) is 9.59 Å². The minimum atomic E-state index is -0.671. The molecule has 0 aromatic heterocycles. The lowest BCUT2D eigenvalue weighted by Gasteiger charge is -2.12. The van der Waals surface area contributed by atoms with Gasteiger partial charge in [-0.2, -0.15) is 0 Å². The predicted molar refractivity (Wildman–Crippen MR) is 94.1 cm³/mol. The Balaban J connectivity index is 0.000000515. The molecule has 0 saturated carbocycles. The van der Waals surface area contributed by atoms with E-state index in [1.54, 1.807) is 0 Å². The van der Waals surface area contributed by atoms with Crippen LogP contribution in [0, 0.1) is 11.8 Å². The molecule has 4 heteroatoms. The molecule has 0 radical (unpaired) electrons. The van der Waals surface area contributed by atoms with Crippen LogP contribution in [-0.2, 0) is 16.1 Å². The summed E-state index contributed by atoms with van der Waals surface area (Å²) in [4.78, 5) is 21.8. The van der Waals surface area contributed by atoms with Crippen LogP contribution in [0.5, 0.6) is 0 Å². The fourth-order valence-corrected chi connectivity index (χ4v) is 2.23. The summed E-state index contributed by atoms with van der Waals surface area (Å²) in [5, 5.41) is 11.3. The van der Waals surface area contributed by atoms with Crippen molar-refractivity contribution in [3.8, 4) is 0 Å². The number of carbonyl (C=O) groups is 2. The van der Waals surface area contributed by atoms with Crippen molar-refractivity contribution in [2.75, 3.05) is 0 Å². The van der Waals surface area contributed by atoms with Crippen LogP contribution >= 0.6 is 0 Å². The number of hydrogen-bond donors (Lipinski definition) is 2. The van der Waals surface area contributed by atoms with Crippen molar-refractivity contribution in [3.63, 3.8) is 0 Å². The number of carbonyl (C=O) groups excluding carboxylic acids is 1. The SMILES string of the molecule is CCC(CC)C(=O)NCc1ccccc1.CCC(CC)C(=O)O. The molecule has 1 amide bonds. The van der Waals surface area contributed by atoms with Gasteiger partial charge in [-0.1, -0.05) is 58.0 Å². The van der Waals surface area contributed by atoms with Gasteiger partial charge in [0.15, 0.2) is 0 Å². The molecular formula is C19H31NO3. The van der Waals surface area contributed by atoms with Crippen molar-refractivity contribution in [2.24, 2.45) is 11.8 Å². The lowest BCUT2D eigenvalue weighted by atomic mass is 10.0. The predicted octanol–water partition coefficient (Wildman–Crippen LogP) is 4.25. The number of carboxylic acids is 1. The Morgan fingerprint density at radius 3 is 1.74 bits per heavy atom. The highest BCUT2D eigenvalue weighted by Crippen LogP contribution is 2.08. The van der Waals surface area contributed by atoms with Crippen LogP contribution in [0.25, 0.3) is 0 Å². The Morgan fingerprint density at radius 2 is 1.39 bits per heavy atom. The van der Waals surface area contributed by atoms with Crippen molar-refractivity contribution in [1.29, 1.82) is 0 Å². The third-order valence-corrected chi connectivity index (χ3v) is 4.00. The lowest BCUT2D eigenvalue weighted by Crippen LogP contribution is -2.29. The third-order valence-electron chi connectivity index (χ3n) is 4.00. The summed E-state index contributed by atoms with van der Waals surface area (Å²) in [7, 11) is 0. The summed E-state index contributed by atoms with van der Waals surface area (Å²) in [6, 6.07) is 9.99. The molecule has 4 nitrogen and oxygen atoms in total. The summed E-state index contributed by atoms with van der Waals surface area (Å²) in [6.07, 6.45) is 3.31. The molecule has 0 aliphatic carbocycles. The van der Waals surface area contributed by atoms with Gasteiger partial charge in [0, 0.05) is 12.5 Å². The van der Waals surface area contributed by atoms with Crippen molar-refractivity contribution in [2.45, 2.75) is 59.9 Å². The first-order valence-electron chi connectivity index (χ1n) is 8.54.